The molecule has 2 atom stereocenters. The number of nitriles is 1. The summed E-state index contributed by atoms with van der Waals surface area (Å²) in [5.74, 6) is 0.975. The van der Waals surface area contributed by atoms with E-state index in [0.29, 0.717) is 31.6 Å². The molecule has 1 N–H and O–H groups in total. The Morgan fingerprint density at radius 1 is 1.16 bits per heavy atom. The van der Waals surface area contributed by atoms with Gasteiger partial charge >= 0.3 is 6.01 Å². The van der Waals surface area contributed by atoms with Gasteiger partial charge in [-0.3, -0.25) is 4.98 Å². The normalized spacial score (nSPS) is 22.2. The number of hydrogen-bond donors (Lipinski definition) is 1. The standard InChI is InChI=1S/C28H34N8O/c1-34-13-3-5-22(34)19-37-28-32-25-18-35(26-6-2-4-20-8-11-30-16-24(20)26)14-9-23(25)27(33-28)36-15-12-31-21(17-36)7-10-29/h2,4,6,8,11,16,21-22,31H,3,5,7,9,12-15,17-19H2,1H3/t21?,22-/m0/s1. The van der Waals surface area contributed by atoms with Gasteiger partial charge in [0.25, 0.3) is 0 Å². The SMILES string of the molecule is CN1CCC[C@H]1COc1nc2c(c(N3CCNC(CC#N)C3)n1)CCN(c1cccc3ccncc13)C2. The third-order valence-electron chi connectivity index (χ3n) is 7.99. The number of nitrogens with one attached hydrogen (secondary N) is 1. The van der Waals surface area contributed by atoms with Crippen molar-refractivity contribution in [2.75, 3.05) is 56.2 Å². The molecule has 9 nitrogen and oxygen atoms in total. The number of hydrogen-bond acceptors (Lipinski definition) is 9. The monoisotopic (exact) mass is 498 g/mol. The number of ether oxygens (including phenoxy) is 1. The Morgan fingerprint density at radius 2 is 2.11 bits per heavy atom. The van der Waals surface area contributed by atoms with Gasteiger partial charge in [-0.05, 0) is 50.4 Å². The maximum atomic E-state index is 9.25. The zero-order valence-corrected chi connectivity index (χ0v) is 21.4. The van der Waals surface area contributed by atoms with E-state index in [0.717, 1.165) is 62.5 Å². The molecule has 0 radical (unpaired) electrons. The van der Waals surface area contributed by atoms with Crippen LogP contribution >= 0.6 is 0 Å². The van der Waals surface area contributed by atoms with Crippen molar-refractivity contribution in [3.05, 3.63) is 47.9 Å². The van der Waals surface area contributed by atoms with Gasteiger partial charge in [0.05, 0.1) is 24.7 Å². The molecule has 0 amide bonds. The summed E-state index contributed by atoms with van der Waals surface area (Å²) in [5.41, 5.74) is 3.42. The molecule has 5 heterocycles. The lowest BCUT2D eigenvalue weighted by Crippen LogP contribution is -2.51. The Hall–Kier alpha value is -3.48. The van der Waals surface area contributed by atoms with E-state index >= 15 is 0 Å². The molecule has 3 aromatic rings. The lowest BCUT2D eigenvalue weighted by Gasteiger charge is -2.37. The van der Waals surface area contributed by atoms with Gasteiger partial charge in [0.1, 0.15) is 12.4 Å². The molecule has 0 saturated carbocycles. The van der Waals surface area contributed by atoms with Crippen molar-refractivity contribution in [3.63, 3.8) is 0 Å². The van der Waals surface area contributed by atoms with Gasteiger partial charge in [0, 0.05) is 67.3 Å². The van der Waals surface area contributed by atoms with Crippen molar-refractivity contribution >= 4 is 22.3 Å². The molecule has 0 aliphatic carbocycles. The van der Waals surface area contributed by atoms with Gasteiger partial charge in [-0.25, -0.2) is 0 Å². The van der Waals surface area contributed by atoms with E-state index in [1.54, 1.807) is 0 Å². The van der Waals surface area contributed by atoms with Crippen LogP contribution < -0.4 is 19.9 Å². The summed E-state index contributed by atoms with van der Waals surface area (Å²) >= 11 is 0. The minimum absolute atomic E-state index is 0.143. The number of benzene rings is 1. The average molecular weight is 499 g/mol. The first kappa shape index (κ1) is 23.9. The first-order valence-corrected chi connectivity index (χ1v) is 13.4. The van der Waals surface area contributed by atoms with Crippen molar-refractivity contribution in [1.29, 1.82) is 5.26 Å². The first-order valence-electron chi connectivity index (χ1n) is 13.4. The molecular formula is C28H34N8O. The van der Waals surface area contributed by atoms with Crippen molar-refractivity contribution in [2.45, 2.75) is 44.3 Å². The number of nitrogens with zero attached hydrogens (tertiary/aromatic N) is 7. The van der Waals surface area contributed by atoms with Crippen molar-refractivity contribution < 1.29 is 4.74 Å². The van der Waals surface area contributed by atoms with Gasteiger partial charge in [0.2, 0.25) is 0 Å². The third kappa shape index (κ3) is 4.91. The zero-order chi connectivity index (χ0) is 25.2. The van der Waals surface area contributed by atoms with Crippen LogP contribution in [0.1, 0.15) is 30.5 Å². The molecule has 2 fully saturated rings. The molecule has 9 heteroatoms. The molecule has 3 aliphatic rings. The molecule has 2 saturated heterocycles. The lowest BCUT2D eigenvalue weighted by molar-refractivity contribution is 0.187. The fraction of sp³-hybridized carbons (Fsp3) is 0.500. The smallest absolute Gasteiger partial charge is 0.318 e. The van der Waals surface area contributed by atoms with Crippen molar-refractivity contribution in [2.24, 2.45) is 0 Å². The van der Waals surface area contributed by atoms with Gasteiger partial charge in [-0.1, -0.05) is 12.1 Å². The topological polar surface area (TPSA) is 93.4 Å². The van der Waals surface area contributed by atoms with Crippen LogP contribution in [-0.4, -0.2) is 78.3 Å². The number of piperazine rings is 1. The Morgan fingerprint density at radius 3 is 2.97 bits per heavy atom. The summed E-state index contributed by atoms with van der Waals surface area (Å²) in [4.78, 5) is 21.4. The highest BCUT2D eigenvalue weighted by Gasteiger charge is 2.29. The van der Waals surface area contributed by atoms with Crippen LogP contribution in [0.15, 0.2) is 36.7 Å². The van der Waals surface area contributed by atoms with Crippen LogP contribution in [0, 0.1) is 11.3 Å². The van der Waals surface area contributed by atoms with Crippen LogP contribution in [0.5, 0.6) is 6.01 Å². The van der Waals surface area contributed by atoms with Gasteiger partial charge in [0.15, 0.2) is 0 Å². The number of likely N-dealkylation sites (N-methyl/N-ethyl adjacent to an activating group) is 1. The predicted octanol–water partition coefficient (Wildman–Crippen LogP) is 2.75. The molecule has 3 aliphatic heterocycles. The molecule has 6 rings (SSSR count). The minimum atomic E-state index is 0.143. The summed E-state index contributed by atoms with van der Waals surface area (Å²) in [6, 6.07) is 11.8. The van der Waals surface area contributed by atoms with Crippen molar-refractivity contribution in [1.82, 2.24) is 25.2 Å². The Balaban J connectivity index is 1.32. The van der Waals surface area contributed by atoms with Gasteiger partial charge in [-0.2, -0.15) is 15.2 Å². The molecule has 2 aromatic heterocycles. The van der Waals surface area contributed by atoms with E-state index in [1.165, 1.54) is 23.1 Å². The van der Waals surface area contributed by atoms with Crippen LogP contribution in [0.2, 0.25) is 0 Å². The van der Waals surface area contributed by atoms with Gasteiger partial charge in [-0.15, -0.1) is 0 Å². The second-order valence-corrected chi connectivity index (χ2v) is 10.3. The van der Waals surface area contributed by atoms with Crippen LogP contribution in [-0.2, 0) is 13.0 Å². The highest BCUT2D eigenvalue weighted by molar-refractivity contribution is 5.93. The molecular weight excluding hydrogens is 464 g/mol. The van der Waals surface area contributed by atoms with E-state index < -0.39 is 0 Å². The summed E-state index contributed by atoms with van der Waals surface area (Å²) in [6.07, 6.45) is 7.50. The van der Waals surface area contributed by atoms with E-state index in [1.807, 2.05) is 12.4 Å². The van der Waals surface area contributed by atoms with Crippen LogP contribution in [0.3, 0.4) is 0 Å². The van der Waals surface area contributed by atoms with E-state index in [9.17, 15) is 5.26 Å². The van der Waals surface area contributed by atoms with Crippen molar-refractivity contribution in [3.8, 4) is 12.1 Å². The fourth-order valence-electron chi connectivity index (χ4n) is 5.92. The van der Waals surface area contributed by atoms with Gasteiger partial charge < -0.3 is 24.8 Å². The second-order valence-electron chi connectivity index (χ2n) is 10.3. The minimum Gasteiger partial charge on any atom is -0.462 e. The largest absolute Gasteiger partial charge is 0.462 e. The molecule has 37 heavy (non-hydrogen) atoms. The number of likely N-dealkylation sites (tertiary alicyclic amines) is 1. The zero-order valence-electron chi connectivity index (χ0n) is 21.4. The van der Waals surface area contributed by atoms with Crippen LogP contribution in [0.25, 0.3) is 10.8 Å². The summed E-state index contributed by atoms with van der Waals surface area (Å²) in [5, 5.41) is 15.1. The predicted molar refractivity (Wildman–Crippen MR) is 144 cm³/mol. The molecule has 0 bridgehead atoms. The molecule has 192 valence electrons. The average Bonchev–Trinajstić information content (AvgIpc) is 3.35. The number of fused-ring (bicyclic) bond motifs is 2. The van der Waals surface area contributed by atoms with E-state index in [4.69, 9.17) is 14.7 Å². The number of pyridine rings is 1. The summed E-state index contributed by atoms with van der Waals surface area (Å²) in [7, 11) is 2.16. The summed E-state index contributed by atoms with van der Waals surface area (Å²) < 4.78 is 6.26. The maximum absolute atomic E-state index is 9.25. The number of anilines is 2. The Kier molecular flexibility index (Phi) is 6.77. The lowest BCUT2D eigenvalue weighted by atomic mass is 10.0. The van der Waals surface area contributed by atoms with E-state index in [-0.39, 0.29) is 6.04 Å². The summed E-state index contributed by atoms with van der Waals surface area (Å²) in [6.45, 7) is 5.76. The van der Waals surface area contributed by atoms with E-state index in [2.05, 4.69) is 62.4 Å². The second kappa shape index (κ2) is 10.5. The van der Waals surface area contributed by atoms with Crippen LogP contribution in [0.4, 0.5) is 11.5 Å². The molecule has 0 spiro atoms. The fourth-order valence-corrected chi connectivity index (χ4v) is 5.92. The molecule has 1 unspecified atom stereocenters. The number of aromatic nitrogens is 3. The maximum Gasteiger partial charge on any atom is 0.318 e. The number of rotatable bonds is 6. The quantitative estimate of drug-likeness (QED) is 0.551. The first-order chi connectivity index (χ1) is 18.2. The highest BCUT2D eigenvalue weighted by atomic mass is 16.5. The Bertz CT molecular complexity index is 1300. The highest BCUT2D eigenvalue weighted by Crippen LogP contribution is 2.34. The molecule has 1 aromatic carbocycles. The Labute approximate surface area is 218 Å². The third-order valence-corrected chi connectivity index (χ3v) is 7.99.